The summed E-state index contributed by atoms with van der Waals surface area (Å²) in [6.07, 6.45) is 3.14. The molecular weight excluding hydrogens is 400 g/mol. The molecule has 0 spiro atoms. The molecule has 154 valence electrons. The zero-order valence-corrected chi connectivity index (χ0v) is 17.7. The van der Waals surface area contributed by atoms with E-state index in [1.54, 1.807) is 6.33 Å². The van der Waals surface area contributed by atoms with E-state index in [0.717, 1.165) is 59.0 Å². The molecular formula is C21H23ClN8. The molecule has 1 aliphatic rings. The third kappa shape index (κ3) is 3.42. The number of nitrogens with one attached hydrogen (secondary N) is 2. The summed E-state index contributed by atoms with van der Waals surface area (Å²) in [7, 11) is 2.15. The molecule has 30 heavy (non-hydrogen) atoms. The maximum absolute atomic E-state index is 6.60. The number of piperazine rings is 1. The van der Waals surface area contributed by atoms with E-state index in [1.807, 2.05) is 12.1 Å². The summed E-state index contributed by atoms with van der Waals surface area (Å²) < 4.78 is 0. The quantitative estimate of drug-likeness (QED) is 0.520. The predicted molar refractivity (Wildman–Crippen MR) is 120 cm³/mol. The summed E-state index contributed by atoms with van der Waals surface area (Å²) in [5.41, 5.74) is 2.36. The Morgan fingerprint density at radius 1 is 1.13 bits per heavy atom. The van der Waals surface area contributed by atoms with Crippen molar-refractivity contribution >= 4 is 45.2 Å². The van der Waals surface area contributed by atoms with E-state index in [0.29, 0.717) is 11.5 Å². The Balaban J connectivity index is 1.55. The van der Waals surface area contributed by atoms with Gasteiger partial charge in [0.15, 0.2) is 11.5 Å². The number of hydrogen-bond donors (Lipinski definition) is 2. The Hall–Kier alpha value is -2.97. The van der Waals surface area contributed by atoms with Crippen molar-refractivity contribution < 1.29 is 0 Å². The number of pyridine rings is 1. The fraction of sp³-hybridized carbons (Fsp3) is 0.333. The van der Waals surface area contributed by atoms with Crippen molar-refractivity contribution in [3.63, 3.8) is 0 Å². The SMILES string of the molecule is C[C@H](Nc1ncnc2nc[nH]c12)c1cc2cccc(Cl)c2c(N2CCN(C)CC2)n1. The van der Waals surface area contributed by atoms with Crippen LogP contribution in [0, 0.1) is 0 Å². The number of aromatic nitrogens is 5. The molecule has 8 nitrogen and oxygen atoms in total. The molecule has 1 saturated heterocycles. The molecule has 0 amide bonds. The van der Waals surface area contributed by atoms with Crippen LogP contribution >= 0.6 is 11.6 Å². The van der Waals surface area contributed by atoms with Crippen LogP contribution in [-0.2, 0) is 0 Å². The predicted octanol–water partition coefficient (Wildman–Crippen LogP) is 3.48. The van der Waals surface area contributed by atoms with Crippen LogP contribution in [0.25, 0.3) is 21.9 Å². The second-order valence-electron chi connectivity index (χ2n) is 7.69. The maximum atomic E-state index is 6.60. The van der Waals surface area contributed by atoms with Crippen molar-refractivity contribution in [2.45, 2.75) is 13.0 Å². The van der Waals surface area contributed by atoms with Crippen LogP contribution in [0.1, 0.15) is 18.7 Å². The van der Waals surface area contributed by atoms with Crippen LogP contribution in [0.5, 0.6) is 0 Å². The summed E-state index contributed by atoms with van der Waals surface area (Å²) >= 11 is 6.60. The average molecular weight is 423 g/mol. The fourth-order valence-corrected chi connectivity index (χ4v) is 4.16. The zero-order chi connectivity index (χ0) is 20.7. The van der Waals surface area contributed by atoms with Crippen molar-refractivity contribution in [1.29, 1.82) is 0 Å². The molecule has 9 heteroatoms. The molecule has 0 radical (unpaired) electrons. The van der Waals surface area contributed by atoms with Gasteiger partial charge in [-0.25, -0.2) is 19.9 Å². The van der Waals surface area contributed by atoms with Gasteiger partial charge in [-0.3, -0.25) is 0 Å². The number of nitrogens with zero attached hydrogens (tertiary/aromatic N) is 6. The standard InChI is InChI=1S/C21H23ClN8/c1-13(27-20-18-19(24-11-23-18)25-12-26-20)16-10-14-4-3-5-15(22)17(14)21(28-16)30-8-6-29(2)7-9-30/h3-5,10-13H,6-9H2,1-2H3,(H2,23,24,25,26,27)/t13-/m0/s1. The summed E-state index contributed by atoms with van der Waals surface area (Å²) in [5, 5.41) is 6.29. The largest absolute Gasteiger partial charge is 0.360 e. The highest BCUT2D eigenvalue weighted by Crippen LogP contribution is 2.34. The highest BCUT2D eigenvalue weighted by Gasteiger charge is 2.21. The van der Waals surface area contributed by atoms with E-state index in [1.165, 1.54) is 6.33 Å². The minimum Gasteiger partial charge on any atom is -0.360 e. The fourth-order valence-electron chi connectivity index (χ4n) is 3.89. The van der Waals surface area contributed by atoms with Crippen LogP contribution in [0.3, 0.4) is 0 Å². The van der Waals surface area contributed by atoms with E-state index in [2.05, 4.69) is 61.2 Å². The van der Waals surface area contributed by atoms with Gasteiger partial charge in [0.2, 0.25) is 0 Å². The van der Waals surface area contributed by atoms with Crippen LogP contribution in [0.15, 0.2) is 36.9 Å². The van der Waals surface area contributed by atoms with Gasteiger partial charge in [0.25, 0.3) is 0 Å². The Morgan fingerprint density at radius 3 is 2.80 bits per heavy atom. The second-order valence-corrected chi connectivity index (χ2v) is 8.10. The number of H-pyrrole nitrogens is 1. The first kappa shape index (κ1) is 19.0. The molecule has 0 saturated carbocycles. The Labute approximate surface area is 179 Å². The molecule has 0 aliphatic carbocycles. The van der Waals surface area contributed by atoms with Gasteiger partial charge in [-0.1, -0.05) is 23.7 Å². The molecule has 1 fully saturated rings. The van der Waals surface area contributed by atoms with Crippen molar-refractivity contribution in [3.05, 3.63) is 47.6 Å². The summed E-state index contributed by atoms with van der Waals surface area (Å²) in [6.45, 7) is 5.94. The lowest BCUT2D eigenvalue weighted by Gasteiger charge is -2.34. The monoisotopic (exact) mass is 422 g/mol. The summed E-state index contributed by atoms with van der Waals surface area (Å²) in [5.74, 6) is 1.66. The molecule has 5 rings (SSSR count). The van der Waals surface area contributed by atoms with E-state index >= 15 is 0 Å². The second kappa shape index (κ2) is 7.70. The first-order chi connectivity index (χ1) is 14.6. The average Bonchev–Trinajstić information content (AvgIpc) is 3.24. The smallest absolute Gasteiger partial charge is 0.182 e. The van der Waals surface area contributed by atoms with Gasteiger partial charge < -0.3 is 20.1 Å². The highest BCUT2D eigenvalue weighted by molar-refractivity contribution is 6.36. The lowest BCUT2D eigenvalue weighted by Crippen LogP contribution is -2.45. The number of likely N-dealkylation sites (N-methyl/N-ethyl adjacent to an activating group) is 1. The molecule has 4 aromatic rings. The first-order valence-electron chi connectivity index (χ1n) is 10.0. The van der Waals surface area contributed by atoms with E-state index in [9.17, 15) is 0 Å². The van der Waals surface area contributed by atoms with Gasteiger partial charge in [0, 0.05) is 31.6 Å². The molecule has 4 heterocycles. The van der Waals surface area contributed by atoms with Gasteiger partial charge in [-0.2, -0.15) is 0 Å². The van der Waals surface area contributed by atoms with Gasteiger partial charge >= 0.3 is 0 Å². The minimum absolute atomic E-state index is 0.0685. The van der Waals surface area contributed by atoms with Crippen LogP contribution in [-0.4, -0.2) is 63.0 Å². The first-order valence-corrected chi connectivity index (χ1v) is 10.4. The van der Waals surface area contributed by atoms with Crippen LogP contribution < -0.4 is 10.2 Å². The van der Waals surface area contributed by atoms with Gasteiger partial charge in [0.1, 0.15) is 17.7 Å². The number of fused-ring (bicyclic) bond motifs is 2. The molecule has 1 atom stereocenters. The summed E-state index contributed by atoms with van der Waals surface area (Å²) in [4.78, 5) is 25.6. The number of halogens is 1. The molecule has 2 N–H and O–H groups in total. The number of anilines is 2. The Kier molecular flexibility index (Phi) is 4.88. The van der Waals surface area contributed by atoms with Crippen LogP contribution in [0.4, 0.5) is 11.6 Å². The number of imidazole rings is 1. The van der Waals surface area contributed by atoms with Crippen molar-refractivity contribution in [2.24, 2.45) is 0 Å². The number of hydrogen-bond acceptors (Lipinski definition) is 7. The summed E-state index contributed by atoms with van der Waals surface area (Å²) in [6, 6.07) is 8.04. The minimum atomic E-state index is -0.0685. The number of benzene rings is 1. The van der Waals surface area contributed by atoms with Gasteiger partial charge in [-0.05, 0) is 31.5 Å². The van der Waals surface area contributed by atoms with Crippen molar-refractivity contribution in [3.8, 4) is 0 Å². The van der Waals surface area contributed by atoms with Crippen molar-refractivity contribution in [1.82, 2.24) is 29.8 Å². The number of aromatic amines is 1. The highest BCUT2D eigenvalue weighted by atomic mass is 35.5. The van der Waals surface area contributed by atoms with Crippen molar-refractivity contribution in [2.75, 3.05) is 43.4 Å². The lowest BCUT2D eigenvalue weighted by atomic mass is 10.1. The third-order valence-electron chi connectivity index (χ3n) is 5.63. The normalized spacial score (nSPS) is 16.3. The molecule has 1 aromatic carbocycles. The molecule has 1 aliphatic heterocycles. The topological polar surface area (TPSA) is 85.9 Å². The van der Waals surface area contributed by atoms with Gasteiger partial charge in [0.05, 0.1) is 23.1 Å². The molecule has 3 aromatic heterocycles. The number of rotatable bonds is 4. The Morgan fingerprint density at radius 2 is 1.97 bits per heavy atom. The lowest BCUT2D eigenvalue weighted by molar-refractivity contribution is 0.312. The third-order valence-corrected chi connectivity index (χ3v) is 5.95. The van der Waals surface area contributed by atoms with E-state index < -0.39 is 0 Å². The van der Waals surface area contributed by atoms with Crippen LogP contribution in [0.2, 0.25) is 5.02 Å². The zero-order valence-electron chi connectivity index (χ0n) is 16.9. The molecule has 0 unspecified atom stereocenters. The maximum Gasteiger partial charge on any atom is 0.182 e. The van der Waals surface area contributed by atoms with E-state index in [4.69, 9.17) is 16.6 Å². The molecule has 0 bridgehead atoms. The van der Waals surface area contributed by atoms with E-state index in [-0.39, 0.29) is 6.04 Å². The van der Waals surface area contributed by atoms with Gasteiger partial charge in [-0.15, -0.1) is 0 Å². The Bertz CT molecular complexity index is 1200.